The molecule has 27 heavy (non-hydrogen) atoms. The van der Waals surface area contributed by atoms with Crippen molar-refractivity contribution in [2.45, 2.75) is 18.4 Å². The lowest BCUT2D eigenvalue weighted by Crippen LogP contribution is -2.59. The van der Waals surface area contributed by atoms with Crippen LogP contribution in [0.25, 0.3) is 11.0 Å². The van der Waals surface area contributed by atoms with E-state index in [1.54, 1.807) is 23.2 Å². The number of carbonyl (C=O) groups is 2. The number of hydrogen-bond donors (Lipinski definition) is 2. The molecule has 0 radical (unpaired) electrons. The molecule has 0 aliphatic carbocycles. The van der Waals surface area contributed by atoms with Crippen molar-refractivity contribution in [3.05, 3.63) is 48.4 Å². The third-order valence-electron chi connectivity index (χ3n) is 5.34. The van der Waals surface area contributed by atoms with E-state index in [0.29, 0.717) is 37.0 Å². The highest BCUT2D eigenvalue weighted by Gasteiger charge is 2.45. The van der Waals surface area contributed by atoms with Gasteiger partial charge < -0.3 is 20.1 Å². The molecule has 8 nitrogen and oxygen atoms in total. The first-order valence-corrected chi connectivity index (χ1v) is 8.85. The molecule has 0 unspecified atom stereocenters. The Hall–Kier alpha value is -3.42. The van der Waals surface area contributed by atoms with E-state index in [4.69, 9.17) is 4.52 Å². The molecule has 0 atom stereocenters. The number of nitrogens with one attached hydrogen (secondary N) is 2. The van der Waals surface area contributed by atoms with Crippen molar-refractivity contribution < 1.29 is 14.1 Å². The van der Waals surface area contributed by atoms with Crippen molar-refractivity contribution in [2.24, 2.45) is 0 Å². The third-order valence-corrected chi connectivity index (χ3v) is 5.34. The van der Waals surface area contributed by atoms with Crippen LogP contribution in [0.5, 0.6) is 0 Å². The molecule has 1 spiro atoms. The molecular formula is C19H17N5O3. The van der Waals surface area contributed by atoms with E-state index in [9.17, 15) is 9.59 Å². The third kappa shape index (κ3) is 2.44. The number of nitrogens with zero attached hydrogens (tertiary/aromatic N) is 3. The van der Waals surface area contributed by atoms with E-state index in [1.807, 2.05) is 24.3 Å². The Morgan fingerprint density at radius 1 is 1.11 bits per heavy atom. The zero-order valence-corrected chi connectivity index (χ0v) is 14.4. The maximum Gasteiger partial charge on any atom is 0.293 e. The van der Waals surface area contributed by atoms with E-state index >= 15 is 0 Å². The molecule has 5 rings (SSSR count). The van der Waals surface area contributed by atoms with Crippen LogP contribution in [0.1, 0.15) is 23.4 Å². The highest BCUT2D eigenvalue weighted by molar-refractivity contribution is 6.07. The van der Waals surface area contributed by atoms with Gasteiger partial charge in [-0.15, -0.1) is 0 Å². The summed E-state index contributed by atoms with van der Waals surface area (Å²) >= 11 is 0. The van der Waals surface area contributed by atoms with Gasteiger partial charge in [-0.2, -0.15) is 0 Å². The molecule has 1 aromatic carbocycles. The molecule has 136 valence electrons. The van der Waals surface area contributed by atoms with Gasteiger partial charge in [0.15, 0.2) is 0 Å². The number of amides is 2. The summed E-state index contributed by atoms with van der Waals surface area (Å²) in [5.74, 6) is -0.0833. The lowest BCUT2D eigenvalue weighted by Gasteiger charge is -2.44. The van der Waals surface area contributed by atoms with Gasteiger partial charge in [-0.1, -0.05) is 17.3 Å². The van der Waals surface area contributed by atoms with Crippen molar-refractivity contribution in [2.75, 3.05) is 23.7 Å². The summed E-state index contributed by atoms with van der Waals surface area (Å²) in [6.45, 7) is 0.897. The van der Waals surface area contributed by atoms with Gasteiger partial charge in [0.1, 0.15) is 5.54 Å². The van der Waals surface area contributed by atoms with Crippen molar-refractivity contribution in [1.29, 1.82) is 0 Å². The van der Waals surface area contributed by atoms with Crippen molar-refractivity contribution in [1.82, 2.24) is 15.0 Å². The van der Waals surface area contributed by atoms with Crippen LogP contribution in [0, 0.1) is 0 Å². The van der Waals surface area contributed by atoms with Gasteiger partial charge in [0, 0.05) is 19.3 Å². The van der Waals surface area contributed by atoms with Gasteiger partial charge in [-0.25, -0.2) is 4.98 Å². The summed E-state index contributed by atoms with van der Waals surface area (Å²) in [4.78, 5) is 31.4. The maximum absolute atomic E-state index is 12.9. The number of likely N-dealkylation sites (tertiary alicyclic amines) is 1. The maximum atomic E-state index is 12.9. The quantitative estimate of drug-likeness (QED) is 0.688. The topological polar surface area (TPSA) is 100 Å². The van der Waals surface area contributed by atoms with Gasteiger partial charge in [-0.3, -0.25) is 9.59 Å². The molecule has 8 heteroatoms. The van der Waals surface area contributed by atoms with Crippen molar-refractivity contribution >= 4 is 34.2 Å². The molecule has 0 saturated carbocycles. The Bertz CT molecular complexity index is 1050. The van der Waals surface area contributed by atoms with Crippen LogP contribution in [0.3, 0.4) is 0 Å². The minimum atomic E-state index is -0.698. The molecule has 2 aromatic heterocycles. The predicted octanol–water partition coefficient (Wildman–Crippen LogP) is 2.26. The summed E-state index contributed by atoms with van der Waals surface area (Å²) in [6.07, 6.45) is 2.64. The Balaban J connectivity index is 1.36. The number of fused-ring (bicyclic) bond motifs is 2. The largest absolute Gasteiger partial charge is 0.369 e. The van der Waals surface area contributed by atoms with E-state index in [1.165, 1.54) is 0 Å². The zero-order valence-electron chi connectivity index (χ0n) is 14.4. The normalized spacial score (nSPS) is 18.1. The Morgan fingerprint density at radius 2 is 1.89 bits per heavy atom. The van der Waals surface area contributed by atoms with Crippen LogP contribution in [-0.2, 0) is 4.79 Å². The lowest BCUT2D eigenvalue weighted by atomic mass is 9.84. The second kappa shape index (κ2) is 5.80. The Labute approximate surface area is 154 Å². The van der Waals surface area contributed by atoms with Gasteiger partial charge in [-0.05, 0) is 37.1 Å². The SMILES string of the molecule is O=C(c1onc2ncccc12)N1CCC2(CC1)Nc1ccccc1NC2=O. The standard InChI is InChI=1S/C19H17N5O3/c25-17(15-12-4-3-9-20-16(12)23-27-15)24-10-7-19(8-11-24)18(26)21-13-5-1-2-6-14(13)22-19/h1-6,9,22H,7-8,10-11H2,(H,21,26). The average molecular weight is 363 g/mol. The average Bonchev–Trinajstić information content (AvgIpc) is 3.13. The van der Waals surface area contributed by atoms with E-state index in [2.05, 4.69) is 20.8 Å². The van der Waals surface area contributed by atoms with Gasteiger partial charge in [0.25, 0.3) is 5.91 Å². The summed E-state index contributed by atoms with van der Waals surface area (Å²) in [6, 6.07) is 11.1. The number of para-hydroxylation sites is 2. The molecule has 4 heterocycles. The Morgan fingerprint density at radius 3 is 2.70 bits per heavy atom. The summed E-state index contributed by atoms with van der Waals surface area (Å²) in [5, 5.41) is 10.8. The van der Waals surface area contributed by atoms with E-state index < -0.39 is 5.54 Å². The first-order chi connectivity index (χ1) is 13.2. The predicted molar refractivity (Wildman–Crippen MR) is 98.4 cm³/mol. The monoisotopic (exact) mass is 363 g/mol. The van der Waals surface area contributed by atoms with Crippen LogP contribution < -0.4 is 10.6 Å². The molecule has 1 fully saturated rings. The number of piperidine rings is 1. The van der Waals surface area contributed by atoms with Crippen LogP contribution in [0.2, 0.25) is 0 Å². The number of carbonyl (C=O) groups excluding carboxylic acids is 2. The number of aromatic nitrogens is 2. The fraction of sp³-hybridized carbons (Fsp3) is 0.263. The smallest absolute Gasteiger partial charge is 0.293 e. The second-order valence-corrected chi connectivity index (χ2v) is 6.89. The number of benzene rings is 1. The number of hydrogen-bond acceptors (Lipinski definition) is 6. The number of rotatable bonds is 1. The highest BCUT2D eigenvalue weighted by Crippen LogP contribution is 2.36. The first-order valence-electron chi connectivity index (χ1n) is 8.85. The van der Waals surface area contributed by atoms with Gasteiger partial charge in [0.05, 0.1) is 16.8 Å². The molecule has 2 aliphatic heterocycles. The molecule has 0 bridgehead atoms. The number of pyridine rings is 1. The molecular weight excluding hydrogens is 346 g/mol. The molecule has 1 saturated heterocycles. The van der Waals surface area contributed by atoms with Crippen LogP contribution >= 0.6 is 0 Å². The molecule has 2 aliphatic rings. The van der Waals surface area contributed by atoms with Crippen LogP contribution in [0.15, 0.2) is 47.1 Å². The molecule has 3 aromatic rings. The zero-order chi connectivity index (χ0) is 18.4. The minimum absolute atomic E-state index is 0.0531. The first kappa shape index (κ1) is 15.8. The fourth-order valence-corrected chi connectivity index (χ4v) is 3.78. The second-order valence-electron chi connectivity index (χ2n) is 6.89. The van der Waals surface area contributed by atoms with E-state index in [0.717, 1.165) is 11.4 Å². The summed E-state index contributed by atoms with van der Waals surface area (Å²) in [7, 11) is 0. The molecule has 2 N–H and O–H groups in total. The van der Waals surface area contributed by atoms with Gasteiger partial charge in [0.2, 0.25) is 17.3 Å². The van der Waals surface area contributed by atoms with Crippen LogP contribution in [0.4, 0.5) is 11.4 Å². The van der Waals surface area contributed by atoms with Gasteiger partial charge >= 0.3 is 0 Å². The number of anilines is 2. The Kier molecular flexibility index (Phi) is 3.40. The lowest BCUT2D eigenvalue weighted by molar-refractivity contribution is -0.122. The fourth-order valence-electron chi connectivity index (χ4n) is 3.78. The molecule has 2 amide bonds. The minimum Gasteiger partial charge on any atom is -0.369 e. The van der Waals surface area contributed by atoms with Crippen molar-refractivity contribution in [3.8, 4) is 0 Å². The van der Waals surface area contributed by atoms with Crippen molar-refractivity contribution in [3.63, 3.8) is 0 Å². The van der Waals surface area contributed by atoms with E-state index in [-0.39, 0.29) is 17.6 Å². The summed E-state index contributed by atoms with van der Waals surface area (Å²) in [5.41, 5.74) is 1.41. The summed E-state index contributed by atoms with van der Waals surface area (Å²) < 4.78 is 5.24. The van der Waals surface area contributed by atoms with Crippen LogP contribution in [-0.4, -0.2) is 45.5 Å². The highest BCUT2D eigenvalue weighted by atomic mass is 16.5.